The predicted molar refractivity (Wildman–Crippen MR) is 50.8 cm³/mol. The van der Waals surface area contributed by atoms with E-state index in [-0.39, 0.29) is 0 Å². The molecular formula is C8H7ClN4. The van der Waals surface area contributed by atoms with Crippen molar-refractivity contribution in [3.05, 3.63) is 35.7 Å². The third kappa shape index (κ3) is 1.36. The van der Waals surface area contributed by atoms with E-state index in [4.69, 9.17) is 17.3 Å². The van der Waals surface area contributed by atoms with Gasteiger partial charge in [0.25, 0.3) is 0 Å². The Hall–Kier alpha value is -1.55. The van der Waals surface area contributed by atoms with Crippen LogP contribution in [0.1, 0.15) is 0 Å². The maximum atomic E-state index is 5.75. The van der Waals surface area contributed by atoms with Crippen LogP contribution >= 0.6 is 11.6 Å². The highest BCUT2D eigenvalue weighted by molar-refractivity contribution is 6.32. The van der Waals surface area contributed by atoms with Gasteiger partial charge in [-0.3, -0.25) is 4.98 Å². The molecule has 0 saturated carbocycles. The molecule has 0 radical (unpaired) electrons. The summed E-state index contributed by atoms with van der Waals surface area (Å²) in [5.41, 5.74) is 6.47. The molecule has 0 saturated heterocycles. The molecule has 0 bridgehead atoms. The number of nitrogens with zero attached hydrogens (tertiary/aromatic N) is 3. The number of aromatic nitrogens is 3. The van der Waals surface area contributed by atoms with Crippen LogP contribution in [0.5, 0.6) is 0 Å². The first-order valence-corrected chi connectivity index (χ1v) is 4.06. The molecule has 0 spiro atoms. The minimum atomic E-state index is 0.426. The largest absolute Gasteiger partial charge is 0.382 e. The Bertz CT molecular complexity index is 409. The van der Waals surface area contributed by atoms with E-state index in [9.17, 15) is 0 Å². The molecule has 0 unspecified atom stereocenters. The number of hydrogen-bond acceptors (Lipinski definition) is 3. The molecule has 0 amide bonds. The first kappa shape index (κ1) is 8.07. The summed E-state index contributed by atoms with van der Waals surface area (Å²) >= 11 is 5.75. The van der Waals surface area contributed by atoms with Gasteiger partial charge in [0.15, 0.2) is 0 Å². The maximum absolute atomic E-state index is 5.75. The summed E-state index contributed by atoms with van der Waals surface area (Å²) in [4.78, 5) is 3.95. The van der Waals surface area contributed by atoms with Crippen LogP contribution in [-0.2, 0) is 0 Å². The van der Waals surface area contributed by atoms with E-state index >= 15 is 0 Å². The summed E-state index contributed by atoms with van der Waals surface area (Å²) < 4.78 is 1.54. The zero-order valence-electron chi connectivity index (χ0n) is 6.68. The van der Waals surface area contributed by atoms with E-state index in [1.165, 1.54) is 10.9 Å². The highest BCUT2D eigenvalue weighted by Gasteiger charge is 2.05. The fraction of sp³-hybridized carbons (Fsp3) is 0. The SMILES string of the molecule is Nc1c(Cl)cnn1-c1cccnc1. The van der Waals surface area contributed by atoms with Crippen molar-refractivity contribution in [2.45, 2.75) is 0 Å². The lowest BCUT2D eigenvalue weighted by Crippen LogP contribution is -2.01. The monoisotopic (exact) mass is 194 g/mol. The quantitative estimate of drug-likeness (QED) is 0.749. The van der Waals surface area contributed by atoms with Gasteiger partial charge in [-0.2, -0.15) is 5.10 Å². The second-order valence-electron chi connectivity index (χ2n) is 2.50. The van der Waals surface area contributed by atoms with Gasteiger partial charge in [0.05, 0.1) is 18.1 Å². The number of nitrogens with two attached hydrogens (primary N) is 1. The number of anilines is 1. The van der Waals surface area contributed by atoms with Crippen molar-refractivity contribution in [2.24, 2.45) is 0 Å². The Morgan fingerprint density at radius 1 is 1.38 bits per heavy atom. The van der Waals surface area contributed by atoms with Gasteiger partial charge in [0.2, 0.25) is 0 Å². The van der Waals surface area contributed by atoms with E-state index in [0.717, 1.165) is 5.69 Å². The van der Waals surface area contributed by atoms with Gasteiger partial charge >= 0.3 is 0 Å². The fourth-order valence-electron chi connectivity index (χ4n) is 1.02. The molecule has 2 rings (SSSR count). The van der Waals surface area contributed by atoms with Crippen LogP contribution in [0.15, 0.2) is 30.7 Å². The average Bonchev–Trinajstić information content (AvgIpc) is 2.49. The molecule has 0 aliphatic carbocycles. The van der Waals surface area contributed by atoms with Gasteiger partial charge in [-0.25, -0.2) is 4.68 Å². The van der Waals surface area contributed by atoms with Crippen molar-refractivity contribution >= 4 is 17.4 Å². The lowest BCUT2D eigenvalue weighted by atomic mass is 10.4. The second kappa shape index (κ2) is 3.06. The van der Waals surface area contributed by atoms with Crippen molar-refractivity contribution < 1.29 is 0 Å². The zero-order valence-corrected chi connectivity index (χ0v) is 7.44. The van der Waals surface area contributed by atoms with E-state index in [2.05, 4.69) is 10.1 Å². The highest BCUT2D eigenvalue weighted by Crippen LogP contribution is 2.20. The Morgan fingerprint density at radius 3 is 2.77 bits per heavy atom. The van der Waals surface area contributed by atoms with Gasteiger partial charge < -0.3 is 5.73 Å². The van der Waals surface area contributed by atoms with E-state index in [0.29, 0.717) is 10.8 Å². The second-order valence-corrected chi connectivity index (χ2v) is 2.91. The Morgan fingerprint density at radius 2 is 2.23 bits per heavy atom. The minimum Gasteiger partial charge on any atom is -0.382 e. The topological polar surface area (TPSA) is 56.7 Å². The Kier molecular flexibility index (Phi) is 1.90. The van der Waals surface area contributed by atoms with Crippen LogP contribution in [0.2, 0.25) is 5.02 Å². The molecule has 0 aliphatic heterocycles. The maximum Gasteiger partial charge on any atom is 0.146 e. The summed E-state index contributed by atoms with van der Waals surface area (Å²) in [6.45, 7) is 0. The van der Waals surface area contributed by atoms with Gasteiger partial charge in [-0.05, 0) is 12.1 Å². The molecule has 5 heteroatoms. The molecular weight excluding hydrogens is 188 g/mol. The van der Waals surface area contributed by atoms with Crippen molar-refractivity contribution in [1.29, 1.82) is 0 Å². The summed E-state index contributed by atoms with van der Waals surface area (Å²) in [6, 6.07) is 3.66. The minimum absolute atomic E-state index is 0.426. The number of hydrogen-bond donors (Lipinski definition) is 1. The predicted octanol–water partition coefficient (Wildman–Crippen LogP) is 1.50. The molecule has 2 heterocycles. The van der Waals surface area contributed by atoms with Crippen LogP contribution < -0.4 is 5.73 Å². The van der Waals surface area contributed by atoms with Crippen molar-refractivity contribution in [2.75, 3.05) is 5.73 Å². The third-order valence-electron chi connectivity index (χ3n) is 1.65. The van der Waals surface area contributed by atoms with Crippen molar-refractivity contribution in [3.63, 3.8) is 0 Å². The standard InChI is InChI=1S/C8H7ClN4/c9-7-5-12-13(8(7)10)6-2-1-3-11-4-6/h1-5H,10H2. The number of rotatable bonds is 1. The van der Waals surface area contributed by atoms with Crippen LogP contribution in [-0.4, -0.2) is 14.8 Å². The van der Waals surface area contributed by atoms with Crippen molar-refractivity contribution in [3.8, 4) is 5.69 Å². The molecule has 2 aromatic heterocycles. The first-order valence-electron chi connectivity index (χ1n) is 3.68. The zero-order chi connectivity index (χ0) is 9.26. The fourth-order valence-corrected chi connectivity index (χ4v) is 1.15. The molecule has 13 heavy (non-hydrogen) atoms. The smallest absolute Gasteiger partial charge is 0.146 e. The number of nitrogen functional groups attached to an aromatic ring is 1. The van der Waals surface area contributed by atoms with Gasteiger partial charge in [-0.15, -0.1) is 0 Å². The molecule has 0 aromatic carbocycles. The van der Waals surface area contributed by atoms with Gasteiger partial charge in [0.1, 0.15) is 10.8 Å². The van der Waals surface area contributed by atoms with Crippen LogP contribution in [0, 0.1) is 0 Å². The summed E-state index contributed by atoms with van der Waals surface area (Å²) in [6.07, 6.45) is 4.86. The molecule has 4 nitrogen and oxygen atoms in total. The Labute approximate surface area is 80.0 Å². The van der Waals surface area contributed by atoms with E-state index in [1.807, 2.05) is 12.1 Å². The molecule has 0 aliphatic rings. The number of halogens is 1. The number of pyridine rings is 1. The lowest BCUT2D eigenvalue weighted by molar-refractivity contribution is 0.884. The molecule has 0 fully saturated rings. The first-order chi connectivity index (χ1) is 6.29. The van der Waals surface area contributed by atoms with Crippen molar-refractivity contribution in [1.82, 2.24) is 14.8 Å². The van der Waals surface area contributed by atoms with E-state index < -0.39 is 0 Å². The lowest BCUT2D eigenvalue weighted by Gasteiger charge is -2.01. The average molecular weight is 195 g/mol. The van der Waals surface area contributed by atoms with Crippen LogP contribution in [0.3, 0.4) is 0 Å². The molecule has 2 aromatic rings. The molecule has 0 atom stereocenters. The summed E-state index contributed by atoms with van der Waals surface area (Å²) in [7, 11) is 0. The van der Waals surface area contributed by atoms with E-state index in [1.54, 1.807) is 12.4 Å². The highest BCUT2D eigenvalue weighted by atomic mass is 35.5. The van der Waals surface area contributed by atoms with Gasteiger partial charge in [0, 0.05) is 6.20 Å². The van der Waals surface area contributed by atoms with Crippen LogP contribution in [0.4, 0.5) is 5.82 Å². The normalized spacial score (nSPS) is 10.2. The molecule has 66 valence electrons. The third-order valence-corrected chi connectivity index (χ3v) is 1.94. The summed E-state index contributed by atoms with van der Waals surface area (Å²) in [5, 5.41) is 4.45. The molecule has 2 N–H and O–H groups in total. The Balaban J connectivity index is 2.53. The summed E-state index contributed by atoms with van der Waals surface area (Å²) in [5.74, 6) is 0.426. The van der Waals surface area contributed by atoms with Gasteiger partial charge in [-0.1, -0.05) is 11.6 Å². The van der Waals surface area contributed by atoms with Crippen LogP contribution in [0.25, 0.3) is 5.69 Å².